The number of hydrogen-bond acceptors (Lipinski definition) is 4. The Labute approximate surface area is 156 Å². The predicted octanol–water partition coefficient (Wildman–Crippen LogP) is 4.80. The Morgan fingerprint density at radius 2 is 2.00 bits per heavy atom. The van der Waals surface area contributed by atoms with Gasteiger partial charge in [-0.05, 0) is 55.8 Å². The molecule has 0 atom stereocenters. The van der Waals surface area contributed by atoms with Crippen LogP contribution in [0.1, 0.15) is 21.8 Å². The number of fused-ring (bicyclic) bond motifs is 1. The van der Waals surface area contributed by atoms with Gasteiger partial charge < -0.3 is 9.64 Å². The highest BCUT2D eigenvalue weighted by Gasteiger charge is 2.13. The van der Waals surface area contributed by atoms with E-state index in [4.69, 9.17) is 16.3 Å². The summed E-state index contributed by atoms with van der Waals surface area (Å²) >= 11 is 7.48. The molecular weight excluding hydrogens is 356 g/mol. The van der Waals surface area contributed by atoms with E-state index in [-0.39, 0.29) is 5.91 Å². The van der Waals surface area contributed by atoms with Crippen LogP contribution < -0.4 is 4.74 Å². The largest absolute Gasteiger partial charge is 0.494 e. The molecule has 0 radical (unpaired) electrons. The van der Waals surface area contributed by atoms with Gasteiger partial charge in [-0.1, -0.05) is 11.6 Å². The Morgan fingerprint density at radius 1 is 1.24 bits per heavy atom. The first-order chi connectivity index (χ1) is 12.0. The van der Waals surface area contributed by atoms with Gasteiger partial charge >= 0.3 is 0 Å². The second kappa shape index (κ2) is 7.85. The standard InChI is InChI=1S/C19H19ClN2O2S/c1-13-21-17-12-14(4-9-18(17)25-13)19(23)22(2)10-3-11-24-16-7-5-15(20)6-8-16/h4-9,12H,3,10-11H2,1-2H3. The third-order valence-electron chi connectivity index (χ3n) is 3.81. The van der Waals surface area contributed by atoms with Crippen LogP contribution in [0, 0.1) is 6.92 Å². The van der Waals surface area contributed by atoms with Crippen molar-refractivity contribution in [3.8, 4) is 5.75 Å². The third kappa shape index (κ3) is 4.50. The van der Waals surface area contributed by atoms with Gasteiger partial charge in [0, 0.05) is 24.2 Å². The van der Waals surface area contributed by atoms with Gasteiger partial charge in [0.25, 0.3) is 5.91 Å². The molecular formula is C19H19ClN2O2S. The number of carbonyl (C=O) groups excluding carboxylic acids is 1. The molecule has 0 saturated carbocycles. The smallest absolute Gasteiger partial charge is 0.253 e. The zero-order chi connectivity index (χ0) is 17.8. The molecule has 130 valence electrons. The maximum absolute atomic E-state index is 12.5. The molecule has 0 unspecified atom stereocenters. The fraction of sp³-hybridized carbons (Fsp3) is 0.263. The van der Waals surface area contributed by atoms with E-state index in [9.17, 15) is 4.79 Å². The molecule has 0 aliphatic rings. The van der Waals surface area contributed by atoms with E-state index in [2.05, 4.69) is 4.98 Å². The lowest BCUT2D eigenvalue weighted by Crippen LogP contribution is -2.28. The molecule has 0 aliphatic carbocycles. The van der Waals surface area contributed by atoms with E-state index in [1.54, 1.807) is 35.4 Å². The molecule has 1 aromatic heterocycles. The average Bonchev–Trinajstić information content (AvgIpc) is 2.98. The molecule has 0 saturated heterocycles. The monoisotopic (exact) mass is 374 g/mol. The SMILES string of the molecule is Cc1nc2cc(C(=O)N(C)CCCOc3ccc(Cl)cc3)ccc2s1. The van der Waals surface area contributed by atoms with Crippen molar-refractivity contribution >= 4 is 39.1 Å². The van der Waals surface area contributed by atoms with E-state index in [0.29, 0.717) is 23.7 Å². The molecule has 4 nitrogen and oxygen atoms in total. The number of halogens is 1. The van der Waals surface area contributed by atoms with E-state index < -0.39 is 0 Å². The van der Waals surface area contributed by atoms with Crippen molar-refractivity contribution in [1.29, 1.82) is 0 Å². The lowest BCUT2D eigenvalue weighted by molar-refractivity contribution is 0.0788. The minimum Gasteiger partial charge on any atom is -0.494 e. The summed E-state index contributed by atoms with van der Waals surface area (Å²) in [5.41, 5.74) is 1.55. The number of aromatic nitrogens is 1. The molecule has 2 aromatic carbocycles. The van der Waals surface area contributed by atoms with E-state index >= 15 is 0 Å². The minimum atomic E-state index is -0.000883. The molecule has 0 bridgehead atoms. The number of amides is 1. The summed E-state index contributed by atoms with van der Waals surface area (Å²) in [4.78, 5) is 18.7. The van der Waals surface area contributed by atoms with Crippen LogP contribution in [-0.2, 0) is 0 Å². The second-order valence-corrected chi connectivity index (χ2v) is 7.47. The van der Waals surface area contributed by atoms with Crippen LogP contribution in [0.4, 0.5) is 0 Å². The summed E-state index contributed by atoms with van der Waals surface area (Å²) < 4.78 is 6.76. The summed E-state index contributed by atoms with van der Waals surface area (Å²) in [7, 11) is 1.81. The lowest BCUT2D eigenvalue weighted by atomic mass is 10.2. The van der Waals surface area contributed by atoms with Crippen molar-refractivity contribution in [2.45, 2.75) is 13.3 Å². The van der Waals surface area contributed by atoms with E-state index in [1.807, 2.05) is 37.3 Å². The number of nitrogens with zero attached hydrogens (tertiary/aromatic N) is 2. The van der Waals surface area contributed by atoms with Gasteiger partial charge in [-0.3, -0.25) is 4.79 Å². The molecule has 0 aliphatic heterocycles. The van der Waals surface area contributed by atoms with Crippen LogP contribution in [0.25, 0.3) is 10.2 Å². The maximum Gasteiger partial charge on any atom is 0.253 e. The molecule has 0 fully saturated rings. The Bertz CT molecular complexity index is 877. The lowest BCUT2D eigenvalue weighted by Gasteiger charge is -2.17. The second-order valence-electron chi connectivity index (χ2n) is 5.80. The van der Waals surface area contributed by atoms with Crippen molar-refractivity contribution in [3.05, 3.63) is 58.1 Å². The van der Waals surface area contributed by atoms with Crippen LogP contribution in [-0.4, -0.2) is 36.0 Å². The molecule has 3 aromatic rings. The minimum absolute atomic E-state index is 0.000883. The molecule has 1 amide bonds. The van der Waals surface area contributed by atoms with Gasteiger partial charge in [0.15, 0.2) is 0 Å². The first-order valence-electron chi connectivity index (χ1n) is 8.04. The van der Waals surface area contributed by atoms with Gasteiger partial charge in [-0.25, -0.2) is 4.98 Å². The Hall–Kier alpha value is -2.11. The number of benzene rings is 2. The van der Waals surface area contributed by atoms with Crippen molar-refractivity contribution in [2.24, 2.45) is 0 Å². The van der Waals surface area contributed by atoms with E-state index in [0.717, 1.165) is 27.4 Å². The van der Waals surface area contributed by atoms with Crippen LogP contribution in [0.3, 0.4) is 0 Å². The Kier molecular flexibility index (Phi) is 5.56. The van der Waals surface area contributed by atoms with E-state index in [1.165, 1.54) is 0 Å². The zero-order valence-corrected chi connectivity index (χ0v) is 15.7. The summed E-state index contributed by atoms with van der Waals surface area (Å²) in [5.74, 6) is 0.779. The molecule has 0 N–H and O–H groups in total. The highest BCUT2D eigenvalue weighted by Crippen LogP contribution is 2.23. The summed E-state index contributed by atoms with van der Waals surface area (Å²) in [6, 6.07) is 13.0. The third-order valence-corrected chi connectivity index (χ3v) is 5.01. The van der Waals surface area contributed by atoms with Crippen LogP contribution >= 0.6 is 22.9 Å². The first kappa shape index (κ1) is 17.7. The number of carbonyl (C=O) groups is 1. The van der Waals surface area contributed by atoms with Crippen molar-refractivity contribution < 1.29 is 9.53 Å². The number of rotatable bonds is 6. The van der Waals surface area contributed by atoms with Crippen LogP contribution in [0.2, 0.25) is 5.02 Å². The Balaban J connectivity index is 1.52. The van der Waals surface area contributed by atoms with Gasteiger partial charge in [-0.15, -0.1) is 11.3 Å². The highest BCUT2D eigenvalue weighted by molar-refractivity contribution is 7.18. The average molecular weight is 375 g/mol. The van der Waals surface area contributed by atoms with Crippen LogP contribution in [0.5, 0.6) is 5.75 Å². The number of ether oxygens (including phenoxy) is 1. The number of aryl methyl sites for hydroxylation is 1. The molecule has 6 heteroatoms. The topological polar surface area (TPSA) is 42.4 Å². The molecule has 3 rings (SSSR count). The molecule has 1 heterocycles. The molecule has 25 heavy (non-hydrogen) atoms. The normalized spacial score (nSPS) is 10.8. The van der Waals surface area contributed by atoms with Crippen molar-refractivity contribution in [2.75, 3.05) is 20.2 Å². The van der Waals surface area contributed by atoms with Crippen molar-refractivity contribution in [3.63, 3.8) is 0 Å². The van der Waals surface area contributed by atoms with Crippen LogP contribution in [0.15, 0.2) is 42.5 Å². The van der Waals surface area contributed by atoms with Crippen molar-refractivity contribution in [1.82, 2.24) is 9.88 Å². The number of hydrogen-bond donors (Lipinski definition) is 0. The molecule has 0 spiro atoms. The fourth-order valence-electron chi connectivity index (χ4n) is 2.52. The number of thiazole rings is 1. The maximum atomic E-state index is 12.5. The summed E-state index contributed by atoms with van der Waals surface area (Å²) in [6.45, 7) is 3.14. The first-order valence-corrected chi connectivity index (χ1v) is 9.23. The zero-order valence-electron chi connectivity index (χ0n) is 14.2. The quantitative estimate of drug-likeness (QED) is 0.582. The summed E-state index contributed by atoms with van der Waals surface area (Å²) in [6.07, 6.45) is 0.753. The highest BCUT2D eigenvalue weighted by atomic mass is 35.5. The van der Waals surface area contributed by atoms with Gasteiger partial charge in [-0.2, -0.15) is 0 Å². The summed E-state index contributed by atoms with van der Waals surface area (Å²) in [5, 5.41) is 1.69. The van der Waals surface area contributed by atoms with Gasteiger partial charge in [0.2, 0.25) is 0 Å². The predicted molar refractivity (Wildman–Crippen MR) is 103 cm³/mol. The Morgan fingerprint density at radius 3 is 2.76 bits per heavy atom. The van der Waals surface area contributed by atoms with Gasteiger partial charge in [0.05, 0.1) is 21.8 Å². The van der Waals surface area contributed by atoms with Gasteiger partial charge in [0.1, 0.15) is 5.75 Å². The fourth-order valence-corrected chi connectivity index (χ4v) is 3.45.